The normalized spacial score (nSPS) is 11.5. The monoisotopic (exact) mass is 430 g/mol. The molecule has 0 atom stereocenters. The number of hydrogen-bond donors (Lipinski definition) is 3. The molecule has 0 aliphatic heterocycles. The Morgan fingerprint density at radius 1 is 1.00 bits per heavy atom. The Balaban J connectivity index is 1.58. The highest BCUT2D eigenvalue weighted by molar-refractivity contribution is 7.89. The van der Waals surface area contributed by atoms with E-state index >= 15 is 0 Å². The molecule has 0 aliphatic carbocycles. The van der Waals surface area contributed by atoms with Gasteiger partial charge in [-0.3, -0.25) is 0 Å². The molecule has 160 valence electrons. The van der Waals surface area contributed by atoms with Crippen LogP contribution in [0.1, 0.15) is 24.1 Å². The summed E-state index contributed by atoms with van der Waals surface area (Å²) in [6.45, 7) is 8.69. The Morgan fingerprint density at radius 3 is 2.47 bits per heavy atom. The molecule has 30 heavy (non-hydrogen) atoms. The number of rotatable bonds is 9. The number of pyridine rings is 1. The summed E-state index contributed by atoms with van der Waals surface area (Å²) >= 11 is 0. The van der Waals surface area contributed by atoms with Gasteiger partial charge in [-0.2, -0.15) is 0 Å². The van der Waals surface area contributed by atoms with Crippen LogP contribution in [0.3, 0.4) is 0 Å². The minimum atomic E-state index is -3.66. The molecular formula is C19H26N8O2S. The van der Waals surface area contributed by atoms with Crippen LogP contribution < -0.4 is 15.4 Å². The molecule has 0 amide bonds. The maximum atomic E-state index is 12.4. The second kappa shape index (κ2) is 9.18. The zero-order chi connectivity index (χ0) is 21.7. The van der Waals surface area contributed by atoms with Gasteiger partial charge in [0.15, 0.2) is 5.03 Å². The van der Waals surface area contributed by atoms with Gasteiger partial charge >= 0.3 is 0 Å². The van der Waals surface area contributed by atoms with Gasteiger partial charge in [-0.15, -0.1) is 0 Å². The lowest BCUT2D eigenvalue weighted by Crippen LogP contribution is -2.29. The average Bonchev–Trinajstić information content (AvgIpc) is 3.07. The number of sulfonamides is 1. The lowest BCUT2D eigenvalue weighted by Gasteiger charge is -2.10. The summed E-state index contributed by atoms with van der Waals surface area (Å²) in [5, 5.41) is 6.29. The summed E-state index contributed by atoms with van der Waals surface area (Å²) in [5.41, 5.74) is 1.09. The van der Waals surface area contributed by atoms with Crippen molar-refractivity contribution in [3.63, 3.8) is 0 Å². The zero-order valence-electron chi connectivity index (χ0n) is 17.5. The molecular weight excluding hydrogens is 404 g/mol. The first-order valence-electron chi connectivity index (χ1n) is 9.59. The van der Waals surface area contributed by atoms with Crippen LogP contribution >= 0.6 is 0 Å². The van der Waals surface area contributed by atoms with Crippen molar-refractivity contribution < 1.29 is 8.42 Å². The number of nitrogens with one attached hydrogen (secondary N) is 3. The molecule has 0 aromatic carbocycles. The fourth-order valence-electron chi connectivity index (χ4n) is 2.84. The Bertz CT molecular complexity index is 1130. The quantitative estimate of drug-likeness (QED) is 0.441. The number of nitrogens with zero attached hydrogens (tertiary/aromatic N) is 5. The first-order valence-corrected chi connectivity index (χ1v) is 11.1. The molecule has 10 nitrogen and oxygen atoms in total. The molecule has 0 fully saturated rings. The Labute approximate surface area is 176 Å². The van der Waals surface area contributed by atoms with E-state index in [0.29, 0.717) is 42.2 Å². The summed E-state index contributed by atoms with van der Waals surface area (Å²) < 4.78 is 29.1. The Kier molecular flexibility index (Phi) is 6.63. The summed E-state index contributed by atoms with van der Waals surface area (Å²) in [4.78, 5) is 17.1. The largest absolute Gasteiger partial charge is 0.369 e. The van der Waals surface area contributed by atoms with Crippen LogP contribution in [0, 0.1) is 20.8 Å². The van der Waals surface area contributed by atoms with E-state index in [1.165, 1.54) is 6.20 Å². The molecule has 0 unspecified atom stereocenters. The van der Waals surface area contributed by atoms with Gasteiger partial charge in [0.05, 0.1) is 0 Å². The van der Waals surface area contributed by atoms with E-state index in [4.69, 9.17) is 0 Å². The zero-order valence-corrected chi connectivity index (χ0v) is 18.3. The van der Waals surface area contributed by atoms with Gasteiger partial charge in [-0.05, 0) is 45.4 Å². The van der Waals surface area contributed by atoms with Crippen LogP contribution in [-0.4, -0.2) is 46.0 Å². The summed E-state index contributed by atoms with van der Waals surface area (Å²) in [7, 11) is -3.66. The topological polar surface area (TPSA) is 127 Å². The van der Waals surface area contributed by atoms with Gasteiger partial charge in [-0.25, -0.2) is 33.1 Å². The molecule has 0 radical (unpaired) electrons. The van der Waals surface area contributed by atoms with Gasteiger partial charge in [0, 0.05) is 38.1 Å². The molecule has 3 aromatic heterocycles. The van der Waals surface area contributed by atoms with Crippen LogP contribution in [0.2, 0.25) is 0 Å². The van der Waals surface area contributed by atoms with Crippen molar-refractivity contribution in [2.45, 2.75) is 39.3 Å². The maximum Gasteiger partial charge on any atom is 0.259 e. The van der Waals surface area contributed by atoms with Crippen molar-refractivity contribution in [2.75, 3.05) is 23.7 Å². The minimum absolute atomic E-state index is 0.0249. The van der Waals surface area contributed by atoms with E-state index < -0.39 is 10.0 Å². The van der Waals surface area contributed by atoms with Crippen LogP contribution in [0.5, 0.6) is 0 Å². The van der Waals surface area contributed by atoms with Gasteiger partial charge in [0.2, 0.25) is 0 Å². The molecule has 3 aromatic rings. The van der Waals surface area contributed by atoms with Crippen molar-refractivity contribution in [1.29, 1.82) is 0 Å². The van der Waals surface area contributed by atoms with E-state index in [9.17, 15) is 8.42 Å². The van der Waals surface area contributed by atoms with Crippen molar-refractivity contribution in [3.05, 3.63) is 47.8 Å². The van der Waals surface area contributed by atoms with E-state index in [0.717, 1.165) is 5.56 Å². The lowest BCUT2D eigenvalue weighted by atomic mass is 10.3. The highest BCUT2D eigenvalue weighted by Crippen LogP contribution is 2.16. The number of imidazole rings is 1. The number of hydrogen-bond acceptors (Lipinski definition) is 8. The molecule has 11 heteroatoms. The van der Waals surface area contributed by atoms with Crippen LogP contribution in [0.25, 0.3) is 0 Å². The van der Waals surface area contributed by atoms with Crippen molar-refractivity contribution in [3.8, 4) is 0 Å². The van der Waals surface area contributed by atoms with Crippen LogP contribution in [0.4, 0.5) is 17.5 Å². The predicted molar refractivity (Wildman–Crippen MR) is 115 cm³/mol. The van der Waals surface area contributed by atoms with E-state index in [2.05, 4.69) is 35.3 Å². The average molecular weight is 431 g/mol. The van der Waals surface area contributed by atoms with Gasteiger partial charge in [0.1, 0.15) is 29.1 Å². The Hall–Kier alpha value is -3.05. The number of aryl methyl sites for hydroxylation is 4. The third-order valence-corrected chi connectivity index (χ3v) is 5.63. The van der Waals surface area contributed by atoms with E-state index in [1.54, 1.807) is 30.7 Å². The molecule has 0 spiro atoms. The number of anilines is 3. The van der Waals surface area contributed by atoms with E-state index in [-0.39, 0.29) is 11.6 Å². The second-order valence-corrected chi connectivity index (χ2v) is 8.48. The highest BCUT2D eigenvalue weighted by atomic mass is 32.2. The fourth-order valence-corrected chi connectivity index (χ4v) is 3.87. The molecule has 3 rings (SSSR count). The first-order chi connectivity index (χ1) is 14.3. The summed E-state index contributed by atoms with van der Waals surface area (Å²) in [5.74, 6) is 3.12. The minimum Gasteiger partial charge on any atom is -0.369 e. The standard InChI is InChI=1S/C19H26N8O2S/c1-5-27-12-19(25-15(27)4)30(28,29)22-9-8-21-17-11-18(24-14(3)23-17)26-16-10-13(2)6-7-20-16/h6-7,10-12,22H,5,8-9H2,1-4H3,(H2,20,21,23,24,26). The van der Waals surface area contributed by atoms with Gasteiger partial charge in [0.25, 0.3) is 10.0 Å². The number of aromatic nitrogens is 5. The Morgan fingerprint density at radius 2 is 1.77 bits per heavy atom. The molecule has 0 aliphatic rings. The maximum absolute atomic E-state index is 12.4. The summed E-state index contributed by atoms with van der Waals surface area (Å²) in [6, 6.07) is 5.58. The smallest absolute Gasteiger partial charge is 0.259 e. The third kappa shape index (κ3) is 5.51. The molecule has 0 saturated heterocycles. The van der Waals surface area contributed by atoms with Crippen molar-refractivity contribution >= 4 is 27.5 Å². The SMILES string of the molecule is CCn1cc(S(=O)(=O)NCCNc2cc(Nc3cc(C)ccn3)nc(C)n2)nc1C. The highest BCUT2D eigenvalue weighted by Gasteiger charge is 2.18. The molecule has 0 saturated carbocycles. The van der Waals surface area contributed by atoms with E-state index in [1.807, 2.05) is 26.0 Å². The van der Waals surface area contributed by atoms with Crippen LogP contribution in [0.15, 0.2) is 35.6 Å². The van der Waals surface area contributed by atoms with Gasteiger partial charge in [-0.1, -0.05) is 0 Å². The van der Waals surface area contributed by atoms with Crippen molar-refractivity contribution in [2.24, 2.45) is 0 Å². The first kappa shape index (κ1) is 21.7. The van der Waals surface area contributed by atoms with Crippen molar-refractivity contribution in [1.82, 2.24) is 29.2 Å². The third-order valence-electron chi connectivity index (χ3n) is 4.30. The predicted octanol–water partition coefficient (Wildman–Crippen LogP) is 2.15. The lowest BCUT2D eigenvalue weighted by molar-refractivity contribution is 0.579. The molecule has 0 bridgehead atoms. The van der Waals surface area contributed by atoms with Crippen LogP contribution in [-0.2, 0) is 16.6 Å². The molecule has 3 heterocycles. The second-order valence-electron chi connectivity index (χ2n) is 6.77. The fraction of sp³-hybridized carbons (Fsp3) is 0.368. The summed E-state index contributed by atoms with van der Waals surface area (Å²) in [6.07, 6.45) is 3.26. The molecule has 3 N–H and O–H groups in total. The van der Waals surface area contributed by atoms with Gasteiger partial charge < -0.3 is 15.2 Å².